The van der Waals surface area contributed by atoms with Gasteiger partial charge in [-0.2, -0.15) is 0 Å². The fourth-order valence-electron chi connectivity index (χ4n) is 1.80. The summed E-state index contributed by atoms with van der Waals surface area (Å²) in [6, 6.07) is 1.05. The van der Waals surface area contributed by atoms with E-state index in [2.05, 4.69) is 32.6 Å². The molecule has 0 saturated carbocycles. The molecule has 0 aromatic heterocycles. The molecule has 12 heavy (non-hydrogen) atoms. The van der Waals surface area contributed by atoms with E-state index in [1.807, 2.05) is 0 Å². The zero-order valence-electron chi connectivity index (χ0n) is 8.41. The van der Waals surface area contributed by atoms with Crippen LogP contribution in [0.4, 0.5) is 0 Å². The van der Waals surface area contributed by atoms with E-state index in [0.29, 0.717) is 17.3 Å². The van der Waals surface area contributed by atoms with E-state index in [0.717, 1.165) is 12.3 Å². The highest BCUT2D eigenvalue weighted by molar-refractivity contribution is 7.85. The summed E-state index contributed by atoms with van der Waals surface area (Å²) in [7, 11) is -0.594. The highest BCUT2D eigenvalue weighted by Crippen LogP contribution is 2.18. The molecule has 0 aromatic carbocycles. The molecule has 3 atom stereocenters. The molecule has 1 aliphatic rings. The standard InChI is InChI=1S/C9H19NOS/c1-7(2)10-5-6-12(11)9(4)8(10)3/h7-9H,5-6H2,1-4H3. The maximum atomic E-state index is 11.5. The fourth-order valence-corrected chi connectivity index (χ4v) is 3.16. The van der Waals surface area contributed by atoms with Crippen LogP contribution >= 0.6 is 0 Å². The minimum atomic E-state index is -0.594. The van der Waals surface area contributed by atoms with Crippen LogP contribution in [0.25, 0.3) is 0 Å². The summed E-state index contributed by atoms with van der Waals surface area (Å²) in [5.41, 5.74) is 0. The summed E-state index contributed by atoms with van der Waals surface area (Å²) in [6.07, 6.45) is 0. The van der Waals surface area contributed by atoms with Gasteiger partial charge in [-0.3, -0.25) is 9.11 Å². The van der Waals surface area contributed by atoms with Crippen molar-refractivity contribution in [2.24, 2.45) is 0 Å². The lowest BCUT2D eigenvalue weighted by Gasteiger charge is -2.39. The topological polar surface area (TPSA) is 20.3 Å². The summed E-state index contributed by atoms with van der Waals surface area (Å²) in [5, 5.41) is 0.334. The Labute approximate surface area is 77.8 Å². The van der Waals surface area contributed by atoms with Crippen molar-refractivity contribution in [3.05, 3.63) is 0 Å². The molecule has 3 heteroatoms. The van der Waals surface area contributed by atoms with E-state index in [1.54, 1.807) is 0 Å². The van der Waals surface area contributed by atoms with Gasteiger partial charge in [0, 0.05) is 40.4 Å². The maximum Gasteiger partial charge on any atom is 0.0473 e. The highest BCUT2D eigenvalue weighted by Gasteiger charge is 2.30. The van der Waals surface area contributed by atoms with Gasteiger partial charge in [0.2, 0.25) is 0 Å². The molecule has 0 spiro atoms. The second kappa shape index (κ2) is 3.88. The lowest BCUT2D eigenvalue weighted by Crippen LogP contribution is -2.52. The largest absolute Gasteiger partial charge is 0.296 e. The van der Waals surface area contributed by atoms with Gasteiger partial charge in [0.05, 0.1) is 0 Å². The molecule has 0 aromatic rings. The van der Waals surface area contributed by atoms with E-state index in [-0.39, 0.29) is 0 Å². The Morgan fingerprint density at radius 1 is 1.42 bits per heavy atom. The van der Waals surface area contributed by atoms with Gasteiger partial charge in [-0.25, -0.2) is 0 Å². The van der Waals surface area contributed by atoms with E-state index < -0.39 is 10.8 Å². The lowest BCUT2D eigenvalue weighted by atomic mass is 10.1. The average Bonchev–Trinajstić information content (AvgIpc) is 2.00. The summed E-state index contributed by atoms with van der Waals surface area (Å²) in [6.45, 7) is 9.68. The van der Waals surface area contributed by atoms with Crippen molar-refractivity contribution < 1.29 is 4.21 Å². The van der Waals surface area contributed by atoms with E-state index >= 15 is 0 Å². The van der Waals surface area contributed by atoms with Crippen LogP contribution in [-0.4, -0.2) is 38.7 Å². The van der Waals surface area contributed by atoms with Gasteiger partial charge >= 0.3 is 0 Å². The Bertz CT molecular complexity index is 181. The van der Waals surface area contributed by atoms with Gasteiger partial charge in [-0.15, -0.1) is 0 Å². The second-order valence-corrected chi connectivity index (χ2v) is 5.78. The third-order valence-electron chi connectivity index (χ3n) is 2.83. The molecule has 0 aliphatic carbocycles. The van der Waals surface area contributed by atoms with Crippen molar-refractivity contribution in [3.63, 3.8) is 0 Å². The third kappa shape index (κ3) is 1.88. The molecule has 0 radical (unpaired) electrons. The Balaban J connectivity index is 2.65. The van der Waals surface area contributed by atoms with Gasteiger partial charge in [-0.1, -0.05) is 0 Å². The average molecular weight is 189 g/mol. The maximum absolute atomic E-state index is 11.5. The first kappa shape index (κ1) is 10.2. The predicted molar refractivity (Wildman–Crippen MR) is 53.8 cm³/mol. The molecule has 1 heterocycles. The van der Waals surface area contributed by atoms with Crippen LogP contribution in [0, 0.1) is 0 Å². The Morgan fingerprint density at radius 2 is 2.00 bits per heavy atom. The summed E-state index contributed by atoms with van der Waals surface area (Å²) >= 11 is 0. The van der Waals surface area contributed by atoms with Gasteiger partial charge in [-0.05, 0) is 27.7 Å². The predicted octanol–water partition coefficient (Wildman–Crippen LogP) is 1.24. The minimum absolute atomic E-state index is 0.334. The molecule has 3 unspecified atom stereocenters. The van der Waals surface area contributed by atoms with Crippen molar-refractivity contribution in [2.75, 3.05) is 12.3 Å². The van der Waals surface area contributed by atoms with Crippen LogP contribution in [0.3, 0.4) is 0 Å². The highest BCUT2D eigenvalue weighted by atomic mass is 32.2. The zero-order chi connectivity index (χ0) is 9.30. The van der Waals surface area contributed by atoms with Gasteiger partial charge in [0.25, 0.3) is 0 Å². The van der Waals surface area contributed by atoms with E-state index in [4.69, 9.17) is 0 Å². The molecule has 0 amide bonds. The van der Waals surface area contributed by atoms with E-state index in [9.17, 15) is 4.21 Å². The molecule has 1 aliphatic heterocycles. The normalized spacial score (nSPS) is 38.9. The quantitative estimate of drug-likeness (QED) is 0.618. The summed E-state index contributed by atoms with van der Waals surface area (Å²) < 4.78 is 11.5. The number of nitrogens with zero attached hydrogens (tertiary/aromatic N) is 1. The first-order valence-corrected chi connectivity index (χ1v) is 6.05. The van der Waals surface area contributed by atoms with Crippen molar-refractivity contribution in [2.45, 2.75) is 45.0 Å². The zero-order valence-corrected chi connectivity index (χ0v) is 9.23. The lowest BCUT2D eigenvalue weighted by molar-refractivity contribution is 0.165. The third-order valence-corrected chi connectivity index (χ3v) is 4.64. The van der Waals surface area contributed by atoms with Crippen LogP contribution in [0.15, 0.2) is 0 Å². The van der Waals surface area contributed by atoms with Crippen molar-refractivity contribution in [1.29, 1.82) is 0 Å². The molecule has 0 N–H and O–H groups in total. The second-order valence-electron chi connectivity index (χ2n) is 3.86. The van der Waals surface area contributed by atoms with Crippen molar-refractivity contribution in [1.82, 2.24) is 4.90 Å². The number of hydrogen-bond donors (Lipinski definition) is 0. The fraction of sp³-hybridized carbons (Fsp3) is 1.00. The first-order chi connectivity index (χ1) is 5.54. The van der Waals surface area contributed by atoms with Crippen LogP contribution in [0.2, 0.25) is 0 Å². The minimum Gasteiger partial charge on any atom is -0.296 e. The smallest absolute Gasteiger partial charge is 0.0473 e. The molecule has 1 saturated heterocycles. The molecule has 0 bridgehead atoms. The summed E-state index contributed by atoms with van der Waals surface area (Å²) in [5.74, 6) is 0.851. The molecule has 1 fully saturated rings. The number of hydrogen-bond acceptors (Lipinski definition) is 2. The Morgan fingerprint density at radius 3 is 2.50 bits per heavy atom. The Kier molecular flexibility index (Phi) is 3.29. The summed E-state index contributed by atoms with van der Waals surface area (Å²) in [4.78, 5) is 2.44. The SMILES string of the molecule is CC(C)N1CCS(=O)C(C)C1C. The van der Waals surface area contributed by atoms with Gasteiger partial charge in [0.15, 0.2) is 0 Å². The number of rotatable bonds is 1. The monoisotopic (exact) mass is 189 g/mol. The molecule has 2 nitrogen and oxygen atoms in total. The van der Waals surface area contributed by atoms with Crippen LogP contribution < -0.4 is 0 Å². The molecular weight excluding hydrogens is 170 g/mol. The molecule has 1 rings (SSSR count). The molecule has 72 valence electrons. The van der Waals surface area contributed by atoms with Gasteiger partial charge < -0.3 is 0 Å². The van der Waals surface area contributed by atoms with Gasteiger partial charge in [0.1, 0.15) is 0 Å². The van der Waals surface area contributed by atoms with Crippen LogP contribution in [-0.2, 0) is 10.8 Å². The molecular formula is C9H19NOS. The first-order valence-electron chi connectivity index (χ1n) is 4.67. The van der Waals surface area contributed by atoms with Crippen LogP contribution in [0.5, 0.6) is 0 Å². The van der Waals surface area contributed by atoms with Crippen molar-refractivity contribution in [3.8, 4) is 0 Å². The van der Waals surface area contributed by atoms with Crippen LogP contribution in [0.1, 0.15) is 27.7 Å². The van der Waals surface area contributed by atoms with E-state index in [1.165, 1.54) is 0 Å². The Hall–Kier alpha value is 0.110. The van der Waals surface area contributed by atoms with Crippen molar-refractivity contribution >= 4 is 10.8 Å².